The molecule has 2 aromatic rings. The Morgan fingerprint density at radius 3 is 2.72 bits per heavy atom. The van der Waals surface area contributed by atoms with Crippen LogP contribution in [0.3, 0.4) is 0 Å². The highest BCUT2D eigenvalue weighted by Crippen LogP contribution is 2.20. The predicted octanol–water partition coefficient (Wildman–Crippen LogP) is 3.05. The third kappa shape index (κ3) is 2.83. The lowest BCUT2D eigenvalue weighted by atomic mass is 10.2. The number of rotatable bonds is 5. The van der Waals surface area contributed by atoms with Gasteiger partial charge in [-0.1, -0.05) is 18.2 Å². The maximum absolute atomic E-state index is 5.70. The Kier molecular flexibility index (Phi) is 3.87. The molecule has 1 heterocycles. The van der Waals surface area contributed by atoms with E-state index in [1.165, 1.54) is 0 Å². The molecule has 96 valence electrons. The van der Waals surface area contributed by atoms with Crippen molar-refractivity contribution in [1.82, 2.24) is 9.78 Å². The van der Waals surface area contributed by atoms with Crippen molar-refractivity contribution in [2.24, 2.45) is 0 Å². The average molecular weight is 246 g/mol. The van der Waals surface area contributed by atoms with Crippen LogP contribution in [0, 0.1) is 0 Å². The fourth-order valence-electron chi connectivity index (χ4n) is 1.66. The summed E-state index contributed by atoms with van der Waals surface area (Å²) in [6, 6.07) is 8.17. The van der Waals surface area contributed by atoms with Gasteiger partial charge in [-0.2, -0.15) is 5.10 Å². The van der Waals surface area contributed by atoms with E-state index in [1.807, 2.05) is 35.1 Å². The molecule has 0 bridgehead atoms. The molecule has 0 atom stereocenters. The van der Waals surface area contributed by atoms with Crippen molar-refractivity contribution in [3.05, 3.63) is 42.2 Å². The molecule has 4 heteroatoms. The summed E-state index contributed by atoms with van der Waals surface area (Å²) < 4.78 is 12.9. The van der Waals surface area contributed by atoms with Crippen LogP contribution in [0.5, 0.6) is 11.5 Å². The van der Waals surface area contributed by atoms with Crippen LogP contribution in [0.25, 0.3) is 0 Å². The lowest BCUT2D eigenvalue weighted by molar-refractivity contribution is 0.296. The average Bonchev–Trinajstić information content (AvgIpc) is 2.85. The van der Waals surface area contributed by atoms with Gasteiger partial charge in [0.2, 0.25) is 0 Å². The molecule has 0 aliphatic heterocycles. The maximum atomic E-state index is 5.70. The van der Waals surface area contributed by atoms with Gasteiger partial charge in [-0.05, 0) is 19.9 Å². The van der Waals surface area contributed by atoms with Crippen LogP contribution in [0.15, 0.2) is 36.7 Å². The molecule has 0 aliphatic rings. The van der Waals surface area contributed by atoms with E-state index in [4.69, 9.17) is 9.47 Å². The monoisotopic (exact) mass is 246 g/mol. The van der Waals surface area contributed by atoms with Crippen LogP contribution >= 0.6 is 0 Å². The van der Waals surface area contributed by atoms with E-state index >= 15 is 0 Å². The van der Waals surface area contributed by atoms with Crippen LogP contribution in [-0.4, -0.2) is 16.9 Å². The second kappa shape index (κ2) is 5.58. The zero-order chi connectivity index (χ0) is 13.0. The summed E-state index contributed by atoms with van der Waals surface area (Å²) in [6.45, 7) is 4.64. The number of hydrogen-bond donors (Lipinski definition) is 0. The second-order valence-corrected chi connectivity index (χ2v) is 4.35. The fraction of sp³-hybridized carbons (Fsp3) is 0.357. The summed E-state index contributed by atoms with van der Waals surface area (Å²) >= 11 is 0. The Balaban J connectivity index is 2.02. The quantitative estimate of drug-likeness (QED) is 0.813. The van der Waals surface area contributed by atoms with Gasteiger partial charge in [-0.25, -0.2) is 0 Å². The first-order valence-electron chi connectivity index (χ1n) is 5.99. The van der Waals surface area contributed by atoms with Crippen LogP contribution in [0.1, 0.15) is 25.5 Å². The van der Waals surface area contributed by atoms with E-state index in [1.54, 1.807) is 13.3 Å². The van der Waals surface area contributed by atoms with Crippen molar-refractivity contribution in [1.29, 1.82) is 0 Å². The molecule has 0 saturated heterocycles. The highest BCUT2D eigenvalue weighted by Gasteiger charge is 2.05. The Hall–Kier alpha value is -1.97. The van der Waals surface area contributed by atoms with Gasteiger partial charge in [0.05, 0.1) is 19.5 Å². The van der Waals surface area contributed by atoms with Crippen molar-refractivity contribution >= 4 is 0 Å². The molecule has 0 saturated carbocycles. The number of hydrogen-bond acceptors (Lipinski definition) is 3. The Morgan fingerprint density at radius 2 is 2.06 bits per heavy atom. The first-order valence-corrected chi connectivity index (χ1v) is 5.99. The van der Waals surface area contributed by atoms with Crippen molar-refractivity contribution in [2.45, 2.75) is 26.5 Å². The molecule has 18 heavy (non-hydrogen) atoms. The fourth-order valence-corrected chi connectivity index (χ4v) is 1.66. The zero-order valence-electron chi connectivity index (χ0n) is 11.0. The van der Waals surface area contributed by atoms with Gasteiger partial charge in [-0.3, -0.25) is 4.68 Å². The number of nitrogens with zero attached hydrogens (tertiary/aromatic N) is 2. The molecule has 4 nitrogen and oxygen atoms in total. The molecule has 1 aromatic carbocycles. The number of ether oxygens (including phenoxy) is 2. The molecule has 0 fully saturated rings. The standard InChI is InChI=1S/C14H18N2O2/c1-11(2)16-9-13(8-15-16)18-10-12-6-4-5-7-14(12)17-3/h4-9,11H,10H2,1-3H3. The van der Waals surface area contributed by atoms with Crippen LogP contribution < -0.4 is 9.47 Å². The van der Waals surface area contributed by atoms with Crippen LogP contribution in [0.2, 0.25) is 0 Å². The van der Waals surface area contributed by atoms with Gasteiger partial charge in [0, 0.05) is 11.6 Å². The topological polar surface area (TPSA) is 36.3 Å². The van der Waals surface area contributed by atoms with Gasteiger partial charge in [0.1, 0.15) is 12.4 Å². The molecule has 0 radical (unpaired) electrons. The van der Waals surface area contributed by atoms with E-state index in [0.717, 1.165) is 17.1 Å². The third-order valence-electron chi connectivity index (χ3n) is 2.69. The summed E-state index contributed by atoms with van der Waals surface area (Å²) in [5, 5.41) is 4.23. The van der Waals surface area contributed by atoms with Crippen molar-refractivity contribution < 1.29 is 9.47 Å². The maximum Gasteiger partial charge on any atom is 0.157 e. The van der Waals surface area contributed by atoms with Gasteiger partial charge >= 0.3 is 0 Å². The van der Waals surface area contributed by atoms with E-state index in [2.05, 4.69) is 18.9 Å². The van der Waals surface area contributed by atoms with E-state index in [-0.39, 0.29) is 0 Å². The summed E-state index contributed by atoms with van der Waals surface area (Å²) in [6.07, 6.45) is 3.63. The Labute approximate surface area is 107 Å². The van der Waals surface area contributed by atoms with Gasteiger partial charge in [0.15, 0.2) is 5.75 Å². The summed E-state index contributed by atoms with van der Waals surface area (Å²) in [5.74, 6) is 1.61. The Bertz CT molecular complexity index is 506. The van der Waals surface area contributed by atoms with E-state index < -0.39 is 0 Å². The predicted molar refractivity (Wildman–Crippen MR) is 69.9 cm³/mol. The Morgan fingerprint density at radius 1 is 1.28 bits per heavy atom. The smallest absolute Gasteiger partial charge is 0.157 e. The van der Waals surface area contributed by atoms with Crippen molar-refractivity contribution in [2.75, 3.05) is 7.11 Å². The summed E-state index contributed by atoms with van der Waals surface area (Å²) in [4.78, 5) is 0. The first-order chi connectivity index (χ1) is 8.70. The van der Waals surface area contributed by atoms with Crippen LogP contribution in [0.4, 0.5) is 0 Å². The second-order valence-electron chi connectivity index (χ2n) is 4.35. The van der Waals surface area contributed by atoms with Gasteiger partial charge < -0.3 is 9.47 Å². The number of benzene rings is 1. The highest BCUT2D eigenvalue weighted by molar-refractivity contribution is 5.33. The summed E-state index contributed by atoms with van der Waals surface area (Å²) in [7, 11) is 1.66. The van der Waals surface area contributed by atoms with Gasteiger partial charge in [-0.15, -0.1) is 0 Å². The lowest BCUT2D eigenvalue weighted by Gasteiger charge is -2.08. The summed E-state index contributed by atoms with van der Waals surface area (Å²) in [5.41, 5.74) is 1.03. The minimum absolute atomic E-state index is 0.341. The largest absolute Gasteiger partial charge is 0.496 e. The minimum Gasteiger partial charge on any atom is -0.496 e. The molecule has 0 unspecified atom stereocenters. The molecular weight excluding hydrogens is 228 g/mol. The lowest BCUT2D eigenvalue weighted by Crippen LogP contribution is -2.00. The third-order valence-corrected chi connectivity index (χ3v) is 2.69. The molecule has 0 N–H and O–H groups in total. The molecular formula is C14H18N2O2. The van der Waals surface area contributed by atoms with Crippen LogP contribution in [-0.2, 0) is 6.61 Å². The zero-order valence-corrected chi connectivity index (χ0v) is 11.0. The molecule has 1 aromatic heterocycles. The number of methoxy groups -OCH3 is 1. The van der Waals surface area contributed by atoms with E-state index in [0.29, 0.717) is 12.6 Å². The molecule has 0 aliphatic carbocycles. The molecule has 0 amide bonds. The molecule has 0 spiro atoms. The normalized spacial score (nSPS) is 10.7. The number of para-hydroxylation sites is 1. The molecule has 2 rings (SSSR count). The van der Waals surface area contributed by atoms with E-state index in [9.17, 15) is 0 Å². The number of aromatic nitrogens is 2. The highest BCUT2D eigenvalue weighted by atomic mass is 16.5. The van der Waals surface area contributed by atoms with Crippen molar-refractivity contribution in [3.63, 3.8) is 0 Å². The van der Waals surface area contributed by atoms with Crippen molar-refractivity contribution in [3.8, 4) is 11.5 Å². The first kappa shape index (κ1) is 12.5. The van der Waals surface area contributed by atoms with Gasteiger partial charge in [0.25, 0.3) is 0 Å². The minimum atomic E-state index is 0.341. The SMILES string of the molecule is COc1ccccc1COc1cnn(C(C)C)c1.